The Morgan fingerprint density at radius 2 is 1.92 bits per heavy atom. The van der Waals surface area contributed by atoms with Gasteiger partial charge in [0.15, 0.2) is 11.5 Å². The fraction of sp³-hybridized carbons (Fsp3) is 0.154. The number of nitrogens with one attached hydrogen (secondary N) is 2. The number of hydrogen-bond acceptors (Lipinski definition) is 7. The van der Waals surface area contributed by atoms with Gasteiger partial charge in [-0.05, 0) is 67.2 Å². The first-order chi connectivity index (χ1) is 17.6. The molecule has 0 atom stereocenters. The zero-order valence-electron chi connectivity index (χ0n) is 19.8. The van der Waals surface area contributed by atoms with Gasteiger partial charge in [-0.2, -0.15) is 9.67 Å². The van der Waals surface area contributed by atoms with E-state index in [0.717, 1.165) is 22.8 Å². The van der Waals surface area contributed by atoms with Gasteiger partial charge in [0.1, 0.15) is 11.4 Å². The number of aromatic amines is 1. The lowest BCUT2D eigenvalue weighted by molar-refractivity contribution is -0.625. The monoisotopic (exact) mass is 504 g/mol. The van der Waals surface area contributed by atoms with Crippen molar-refractivity contribution in [3.8, 4) is 34.3 Å². The topological polar surface area (TPSA) is 113 Å². The van der Waals surface area contributed by atoms with Gasteiger partial charge in [-0.25, -0.2) is 5.43 Å². The van der Waals surface area contributed by atoms with Crippen LogP contribution in [0.15, 0.2) is 83.1 Å². The summed E-state index contributed by atoms with van der Waals surface area (Å²) in [6, 6.07) is 22.6. The number of hydrazone groups is 1. The molecule has 0 aliphatic rings. The van der Waals surface area contributed by atoms with Crippen LogP contribution < -0.4 is 19.5 Å². The Hall–Kier alpha value is -4.31. The maximum Gasteiger partial charge on any atom is 0.342 e. The van der Waals surface area contributed by atoms with E-state index in [1.165, 1.54) is 25.1 Å². The Morgan fingerprint density at radius 3 is 2.64 bits per heavy atom. The zero-order valence-corrected chi connectivity index (χ0v) is 20.7. The molecular formula is C26H26N5O4S+. The van der Waals surface area contributed by atoms with Crippen molar-refractivity contribution in [2.75, 3.05) is 19.5 Å². The molecule has 0 aliphatic heterocycles. The molecule has 4 rings (SSSR count). The third kappa shape index (κ3) is 5.84. The van der Waals surface area contributed by atoms with Crippen molar-refractivity contribution in [1.82, 2.24) is 15.6 Å². The molecule has 1 heterocycles. The van der Waals surface area contributed by atoms with Gasteiger partial charge >= 0.3 is 5.16 Å². The maximum absolute atomic E-state index is 12.5. The van der Waals surface area contributed by atoms with Gasteiger partial charge in [0.25, 0.3) is 11.7 Å². The highest BCUT2D eigenvalue weighted by atomic mass is 32.2. The summed E-state index contributed by atoms with van der Waals surface area (Å²) in [5.74, 6) is 1.61. The van der Waals surface area contributed by atoms with E-state index in [9.17, 15) is 9.90 Å². The minimum atomic E-state index is -0.318. The number of aromatic hydroxyl groups is 1. The Balaban J connectivity index is 1.50. The van der Waals surface area contributed by atoms with Crippen LogP contribution in [-0.2, 0) is 4.79 Å². The molecule has 0 radical (unpaired) electrons. The molecule has 10 heteroatoms. The number of aromatic nitrogens is 3. The summed E-state index contributed by atoms with van der Waals surface area (Å²) < 4.78 is 12.6. The van der Waals surface area contributed by atoms with Gasteiger partial charge in [0, 0.05) is 5.56 Å². The van der Waals surface area contributed by atoms with Crippen molar-refractivity contribution in [1.29, 1.82) is 0 Å². The van der Waals surface area contributed by atoms with Crippen LogP contribution in [0.3, 0.4) is 0 Å². The minimum absolute atomic E-state index is 0.0475. The molecule has 184 valence electrons. The number of nitrogens with zero attached hydrogens (tertiary/aromatic N) is 3. The average Bonchev–Trinajstić information content (AvgIpc) is 3.33. The second-order valence-electron chi connectivity index (χ2n) is 7.46. The quantitative estimate of drug-likeness (QED) is 0.131. The van der Waals surface area contributed by atoms with Gasteiger partial charge in [0.05, 0.1) is 36.3 Å². The smallest absolute Gasteiger partial charge is 0.342 e. The Kier molecular flexibility index (Phi) is 8.20. The highest BCUT2D eigenvalue weighted by molar-refractivity contribution is 7.99. The SMILES string of the molecule is CCOc1ccc(-[n+]2c(SCC(=O)N/N=C/c3cccc(OC)c3O)n[nH]c2-c2ccccc2)cc1. The molecule has 1 amide bonds. The number of carbonyl (C=O) groups is 1. The van der Waals surface area contributed by atoms with E-state index in [-0.39, 0.29) is 17.4 Å². The first kappa shape index (κ1) is 24.8. The predicted octanol–water partition coefficient (Wildman–Crippen LogP) is 3.71. The minimum Gasteiger partial charge on any atom is -0.504 e. The van der Waals surface area contributed by atoms with E-state index in [1.54, 1.807) is 18.2 Å². The number of phenols is 1. The molecule has 0 saturated heterocycles. The third-order valence-corrected chi connectivity index (χ3v) is 6.04. The number of rotatable bonds is 10. The lowest BCUT2D eigenvalue weighted by atomic mass is 10.2. The molecule has 0 fully saturated rings. The Labute approximate surface area is 212 Å². The molecule has 0 aliphatic carbocycles. The van der Waals surface area contributed by atoms with Crippen LogP contribution in [0.25, 0.3) is 17.1 Å². The first-order valence-corrected chi connectivity index (χ1v) is 12.2. The fourth-order valence-corrected chi connectivity index (χ4v) is 4.19. The van der Waals surface area contributed by atoms with Gasteiger partial charge in [-0.1, -0.05) is 24.3 Å². The molecule has 3 N–H and O–H groups in total. The van der Waals surface area contributed by atoms with Crippen LogP contribution in [-0.4, -0.2) is 46.9 Å². The number of methoxy groups -OCH3 is 1. The number of ether oxygens (including phenoxy) is 2. The molecule has 9 nitrogen and oxygen atoms in total. The standard InChI is InChI=1S/C26H25N5O4S/c1-3-35-21-14-12-20(13-15-21)31-25(18-8-5-4-6-9-18)29-30-26(31)36-17-23(32)28-27-16-19-10-7-11-22(34-2)24(19)33/h4-16H,3,17H2,1-2H3,(H2,27,28,32,33)/p+1. The van der Waals surface area contributed by atoms with Crippen LogP contribution in [0.1, 0.15) is 12.5 Å². The number of phenolic OH excluding ortho intramolecular Hbond substituents is 1. The average molecular weight is 505 g/mol. The maximum atomic E-state index is 12.5. The van der Waals surface area contributed by atoms with Gasteiger partial charge in [0.2, 0.25) is 0 Å². The van der Waals surface area contributed by atoms with Gasteiger partial charge in [-0.15, -0.1) is 5.10 Å². The molecule has 1 aromatic heterocycles. The van der Waals surface area contributed by atoms with Crippen LogP contribution in [0.2, 0.25) is 0 Å². The van der Waals surface area contributed by atoms with E-state index in [1.807, 2.05) is 66.1 Å². The number of amides is 1. The largest absolute Gasteiger partial charge is 0.504 e. The number of hydrogen-bond donors (Lipinski definition) is 3. The Morgan fingerprint density at radius 1 is 1.14 bits per heavy atom. The number of para-hydroxylation sites is 1. The highest BCUT2D eigenvalue weighted by Crippen LogP contribution is 2.28. The summed E-state index contributed by atoms with van der Waals surface area (Å²) in [6.45, 7) is 2.53. The number of benzene rings is 3. The number of carbonyl (C=O) groups excluding carboxylic acids is 1. The van der Waals surface area contributed by atoms with Crippen LogP contribution in [0, 0.1) is 0 Å². The molecule has 36 heavy (non-hydrogen) atoms. The van der Waals surface area contributed by atoms with Crippen molar-refractivity contribution < 1.29 is 23.9 Å². The molecule has 0 spiro atoms. The fourth-order valence-electron chi connectivity index (χ4n) is 3.42. The second-order valence-corrected chi connectivity index (χ2v) is 8.41. The first-order valence-electron chi connectivity index (χ1n) is 11.2. The summed E-state index contributed by atoms with van der Waals surface area (Å²) >= 11 is 1.27. The van der Waals surface area contributed by atoms with Crippen LogP contribution in [0.4, 0.5) is 0 Å². The van der Waals surface area contributed by atoms with Crippen molar-refractivity contribution in [2.24, 2.45) is 5.10 Å². The van der Waals surface area contributed by atoms with Crippen molar-refractivity contribution in [2.45, 2.75) is 12.1 Å². The molecule has 4 aromatic rings. The summed E-state index contributed by atoms with van der Waals surface area (Å²) in [5.41, 5.74) is 4.74. The molecular weight excluding hydrogens is 478 g/mol. The summed E-state index contributed by atoms with van der Waals surface area (Å²) in [7, 11) is 1.47. The van der Waals surface area contributed by atoms with E-state index in [2.05, 4.69) is 20.7 Å². The summed E-state index contributed by atoms with van der Waals surface area (Å²) in [6.07, 6.45) is 1.36. The lowest BCUT2D eigenvalue weighted by Crippen LogP contribution is -2.34. The number of H-pyrrole nitrogens is 1. The van der Waals surface area contributed by atoms with Gasteiger partial charge in [-0.3, -0.25) is 4.79 Å². The third-order valence-electron chi connectivity index (χ3n) is 5.10. The molecule has 3 aromatic carbocycles. The zero-order chi connectivity index (χ0) is 25.3. The molecule has 0 bridgehead atoms. The molecule has 0 unspecified atom stereocenters. The predicted molar refractivity (Wildman–Crippen MR) is 138 cm³/mol. The summed E-state index contributed by atoms with van der Waals surface area (Å²) in [4.78, 5) is 12.5. The van der Waals surface area contributed by atoms with Crippen molar-refractivity contribution >= 4 is 23.9 Å². The normalized spacial score (nSPS) is 10.9. The van der Waals surface area contributed by atoms with E-state index in [4.69, 9.17) is 9.47 Å². The van der Waals surface area contributed by atoms with E-state index < -0.39 is 0 Å². The highest BCUT2D eigenvalue weighted by Gasteiger charge is 2.24. The second kappa shape index (κ2) is 11.9. The lowest BCUT2D eigenvalue weighted by Gasteiger charge is -2.06. The van der Waals surface area contributed by atoms with Crippen LogP contribution >= 0.6 is 11.8 Å². The number of thioether (sulfide) groups is 1. The van der Waals surface area contributed by atoms with E-state index >= 15 is 0 Å². The van der Waals surface area contributed by atoms with E-state index in [0.29, 0.717) is 23.1 Å². The van der Waals surface area contributed by atoms with Crippen molar-refractivity contribution in [3.05, 3.63) is 78.4 Å². The summed E-state index contributed by atoms with van der Waals surface area (Å²) in [5, 5.41) is 22.3. The van der Waals surface area contributed by atoms with Crippen molar-refractivity contribution in [3.63, 3.8) is 0 Å². The van der Waals surface area contributed by atoms with Gasteiger partial charge < -0.3 is 14.6 Å². The van der Waals surface area contributed by atoms with Crippen LogP contribution in [0.5, 0.6) is 17.2 Å². The molecule has 0 saturated carbocycles. The Bertz CT molecular complexity index is 1340.